The summed E-state index contributed by atoms with van der Waals surface area (Å²) in [5.74, 6) is 0.592. The predicted molar refractivity (Wildman–Crippen MR) is 62.5 cm³/mol. The molecule has 0 aromatic carbocycles. The van der Waals surface area contributed by atoms with Gasteiger partial charge in [-0.3, -0.25) is 0 Å². The molecule has 2 rings (SSSR count). The molecule has 1 atom stereocenters. The van der Waals surface area contributed by atoms with Crippen molar-refractivity contribution in [3.05, 3.63) is 20.8 Å². The highest BCUT2D eigenvalue weighted by Crippen LogP contribution is 2.32. The van der Waals surface area contributed by atoms with Crippen LogP contribution in [0.4, 0.5) is 0 Å². The van der Waals surface area contributed by atoms with Gasteiger partial charge in [-0.25, -0.2) is 0 Å². The van der Waals surface area contributed by atoms with Crippen molar-refractivity contribution < 1.29 is 4.74 Å². The van der Waals surface area contributed by atoms with Gasteiger partial charge in [0.15, 0.2) is 0 Å². The normalized spacial score (nSPS) is 21.0. The highest BCUT2D eigenvalue weighted by molar-refractivity contribution is 9.10. The molecular weight excluding hydrogens is 262 g/mol. The van der Waals surface area contributed by atoms with Gasteiger partial charge >= 0.3 is 0 Å². The van der Waals surface area contributed by atoms with Crippen molar-refractivity contribution in [3.8, 4) is 0 Å². The fourth-order valence-electron chi connectivity index (χ4n) is 1.81. The lowest BCUT2D eigenvalue weighted by Gasteiger charge is -2.26. The number of thiophene rings is 1. The molecule has 1 unspecified atom stereocenters. The van der Waals surface area contributed by atoms with Crippen LogP contribution in [0.1, 0.15) is 23.8 Å². The molecule has 1 aliphatic heterocycles. The summed E-state index contributed by atoms with van der Waals surface area (Å²) >= 11 is 5.19. The second-order valence-electron chi connectivity index (χ2n) is 3.64. The van der Waals surface area contributed by atoms with Crippen LogP contribution in [0.2, 0.25) is 0 Å². The maximum Gasteiger partial charge on any atom is 0.0469 e. The summed E-state index contributed by atoms with van der Waals surface area (Å²) < 4.78 is 6.47. The Morgan fingerprint density at radius 1 is 1.50 bits per heavy atom. The molecule has 1 aliphatic rings. The van der Waals surface area contributed by atoms with Gasteiger partial charge in [0, 0.05) is 34.0 Å². The van der Waals surface area contributed by atoms with Gasteiger partial charge < -0.3 is 10.5 Å². The van der Waals surface area contributed by atoms with E-state index in [2.05, 4.69) is 27.4 Å². The molecule has 0 aliphatic carbocycles. The Morgan fingerprint density at radius 2 is 2.21 bits per heavy atom. The Hall–Kier alpha value is 0.1000. The Bertz CT molecular complexity index is 296. The van der Waals surface area contributed by atoms with Gasteiger partial charge in [-0.15, -0.1) is 11.3 Å². The van der Waals surface area contributed by atoms with E-state index >= 15 is 0 Å². The Kier molecular flexibility index (Phi) is 3.60. The lowest BCUT2D eigenvalue weighted by molar-refractivity contribution is 0.0587. The lowest BCUT2D eigenvalue weighted by Crippen LogP contribution is -2.26. The summed E-state index contributed by atoms with van der Waals surface area (Å²) in [5.41, 5.74) is 6.22. The number of nitrogens with two attached hydrogens (primary N) is 1. The number of hydrogen-bond donors (Lipinski definition) is 1. The third kappa shape index (κ3) is 2.37. The summed E-state index contributed by atoms with van der Waals surface area (Å²) in [4.78, 5) is 1.28. The Balaban J connectivity index is 2.03. The second-order valence-corrected chi connectivity index (χ2v) is 5.50. The van der Waals surface area contributed by atoms with Gasteiger partial charge in [-0.1, -0.05) is 0 Å². The first-order chi connectivity index (χ1) is 6.77. The summed E-state index contributed by atoms with van der Waals surface area (Å²) in [7, 11) is 0. The average Bonchev–Trinajstić information content (AvgIpc) is 2.65. The molecule has 2 N–H and O–H groups in total. The quantitative estimate of drug-likeness (QED) is 0.901. The van der Waals surface area contributed by atoms with Crippen LogP contribution in [0.25, 0.3) is 0 Å². The molecule has 78 valence electrons. The first kappa shape index (κ1) is 10.6. The number of halogens is 1. The van der Waals surface area contributed by atoms with E-state index in [0.29, 0.717) is 5.92 Å². The van der Waals surface area contributed by atoms with Crippen molar-refractivity contribution >= 4 is 27.3 Å². The van der Waals surface area contributed by atoms with E-state index in [4.69, 9.17) is 10.5 Å². The van der Waals surface area contributed by atoms with Gasteiger partial charge in [-0.05, 0) is 40.8 Å². The SMILES string of the molecule is NC(c1cc(Br)cs1)C1CCOCC1. The van der Waals surface area contributed by atoms with E-state index < -0.39 is 0 Å². The van der Waals surface area contributed by atoms with E-state index in [1.54, 1.807) is 11.3 Å². The lowest BCUT2D eigenvalue weighted by atomic mass is 9.91. The molecule has 14 heavy (non-hydrogen) atoms. The van der Waals surface area contributed by atoms with Gasteiger partial charge in [0.1, 0.15) is 0 Å². The van der Waals surface area contributed by atoms with Crippen molar-refractivity contribution in [3.63, 3.8) is 0 Å². The van der Waals surface area contributed by atoms with E-state index in [-0.39, 0.29) is 6.04 Å². The minimum absolute atomic E-state index is 0.190. The molecule has 0 bridgehead atoms. The van der Waals surface area contributed by atoms with Crippen LogP contribution in [0.3, 0.4) is 0 Å². The van der Waals surface area contributed by atoms with Crippen molar-refractivity contribution in [2.24, 2.45) is 11.7 Å². The third-order valence-corrected chi connectivity index (χ3v) is 4.48. The third-order valence-electron chi connectivity index (χ3n) is 2.69. The fraction of sp³-hybridized carbons (Fsp3) is 0.600. The molecule has 1 saturated heterocycles. The van der Waals surface area contributed by atoms with Gasteiger partial charge in [0.05, 0.1) is 0 Å². The number of ether oxygens (including phenoxy) is 1. The zero-order valence-corrected chi connectivity index (χ0v) is 10.3. The molecule has 1 fully saturated rings. The van der Waals surface area contributed by atoms with Crippen LogP contribution in [-0.4, -0.2) is 13.2 Å². The molecule has 1 aromatic rings. The van der Waals surface area contributed by atoms with Crippen LogP contribution in [-0.2, 0) is 4.74 Å². The number of rotatable bonds is 2. The molecular formula is C10H14BrNOS. The maximum atomic E-state index is 6.22. The topological polar surface area (TPSA) is 35.2 Å². The van der Waals surface area contributed by atoms with Crippen molar-refractivity contribution in [1.82, 2.24) is 0 Å². The van der Waals surface area contributed by atoms with Gasteiger partial charge in [0.2, 0.25) is 0 Å². The van der Waals surface area contributed by atoms with Crippen molar-refractivity contribution in [1.29, 1.82) is 0 Å². The second kappa shape index (κ2) is 4.75. The van der Waals surface area contributed by atoms with E-state index in [0.717, 1.165) is 30.5 Å². The van der Waals surface area contributed by atoms with Crippen LogP contribution >= 0.6 is 27.3 Å². The molecule has 1 aromatic heterocycles. The molecule has 2 heterocycles. The predicted octanol–water partition coefficient (Wildman–Crippen LogP) is 2.94. The number of hydrogen-bond acceptors (Lipinski definition) is 3. The summed E-state index contributed by atoms with van der Waals surface area (Å²) in [5, 5.41) is 2.09. The zero-order valence-electron chi connectivity index (χ0n) is 7.91. The van der Waals surface area contributed by atoms with E-state index in [9.17, 15) is 0 Å². The summed E-state index contributed by atoms with van der Waals surface area (Å²) in [6, 6.07) is 2.32. The zero-order chi connectivity index (χ0) is 9.97. The van der Waals surface area contributed by atoms with Crippen LogP contribution in [0, 0.1) is 5.92 Å². The van der Waals surface area contributed by atoms with Crippen molar-refractivity contribution in [2.45, 2.75) is 18.9 Å². The molecule has 2 nitrogen and oxygen atoms in total. The Morgan fingerprint density at radius 3 is 2.79 bits per heavy atom. The molecule has 0 spiro atoms. The van der Waals surface area contributed by atoms with Crippen LogP contribution in [0.15, 0.2) is 15.9 Å². The smallest absolute Gasteiger partial charge is 0.0469 e. The molecule has 0 radical (unpaired) electrons. The fourth-order valence-corrected chi connectivity index (χ4v) is 3.35. The van der Waals surface area contributed by atoms with Gasteiger partial charge in [0.25, 0.3) is 0 Å². The molecule has 0 amide bonds. The van der Waals surface area contributed by atoms with Crippen molar-refractivity contribution in [2.75, 3.05) is 13.2 Å². The minimum Gasteiger partial charge on any atom is -0.381 e. The monoisotopic (exact) mass is 275 g/mol. The summed E-state index contributed by atoms with van der Waals surface area (Å²) in [6.45, 7) is 1.73. The van der Waals surface area contributed by atoms with E-state index in [1.165, 1.54) is 4.88 Å². The van der Waals surface area contributed by atoms with Crippen LogP contribution in [0.5, 0.6) is 0 Å². The molecule has 4 heteroatoms. The standard InChI is InChI=1S/C10H14BrNOS/c11-8-5-9(14-6-8)10(12)7-1-3-13-4-2-7/h5-7,10H,1-4,12H2. The highest BCUT2D eigenvalue weighted by Gasteiger charge is 2.23. The first-order valence-electron chi connectivity index (χ1n) is 4.84. The minimum atomic E-state index is 0.190. The van der Waals surface area contributed by atoms with Crippen LogP contribution < -0.4 is 5.73 Å². The Labute approximate surface area is 96.6 Å². The summed E-state index contributed by atoms with van der Waals surface area (Å²) in [6.07, 6.45) is 2.19. The maximum absolute atomic E-state index is 6.22. The average molecular weight is 276 g/mol. The molecule has 0 saturated carbocycles. The highest BCUT2D eigenvalue weighted by atomic mass is 79.9. The largest absolute Gasteiger partial charge is 0.381 e. The van der Waals surface area contributed by atoms with Gasteiger partial charge in [-0.2, -0.15) is 0 Å². The van der Waals surface area contributed by atoms with E-state index in [1.807, 2.05) is 0 Å². The first-order valence-corrected chi connectivity index (χ1v) is 6.52.